The average molecular weight is 168 g/mol. The Kier molecular flexibility index (Phi) is 18.0. The molecule has 0 saturated heterocycles. The SMILES string of the molecule is CC(=O)OC(=O)O.[KH].[NaH]. The van der Waals surface area contributed by atoms with Gasteiger partial charge in [-0.2, -0.15) is 0 Å². The summed E-state index contributed by atoms with van der Waals surface area (Å²) in [6.45, 7) is 1.02. The number of hydrogen-bond acceptors (Lipinski definition) is 3. The van der Waals surface area contributed by atoms with Gasteiger partial charge in [-0.1, -0.05) is 0 Å². The first-order valence-corrected chi connectivity index (χ1v) is 1.54. The molecular weight excluding hydrogens is 162 g/mol. The zero-order valence-electron chi connectivity index (χ0n) is 3.67. The molecule has 0 radical (unpaired) electrons. The molecule has 0 aromatic rings. The summed E-state index contributed by atoms with van der Waals surface area (Å²) in [7, 11) is 0. The zero-order chi connectivity index (χ0) is 5.86. The van der Waals surface area contributed by atoms with Crippen molar-refractivity contribution in [2.24, 2.45) is 0 Å². The van der Waals surface area contributed by atoms with Crippen molar-refractivity contribution in [3.8, 4) is 0 Å². The van der Waals surface area contributed by atoms with E-state index in [1.54, 1.807) is 0 Å². The van der Waals surface area contributed by atoms with Crippen molar-refractivity contribution in [3.05, 3.63) is 0 Å². The van der Waals surface area contributed by atoms with Crippen molar-refractivity contribution >= 4 is 93.1 Å². The molecule has 4 nitrogen and oxygen atoms in total. The molecule has 0 amide bonds. The van der Waals surface area contributed by atoms with E-state index in [-0.39, 0.29) is 80.9 Å². The van der Waals surface area contributed by atoms with Crippen LogP contribution in [-0.4, -0.2) is 98.2 Å². The van der Waals surface area contributed by atoms with Crippen LogP contribution in [0.5, 0.6) is 0 Å². The molecule has 0 atom stereocenters. The van der Waals surface area contributed by atoms with Crippen LogP contribution < -0.4 is 0 Å². The molecular formula is C3H6KNaO4. The van der Waals surface area contributed by atoms with Crippen LogP contribution in [0.15, 0.2) is 0 Å². The van der Waals surface area contributed by atoms with Crippen LogP contribution in [0.25, 0.3) is 0 Å². The van der Waals surface area contributed by atoms with Gasteiger partial charge >= 0.3 is 93.1 Å². The molecule has 44 valence electrons. The van der Waals surface area contributed by atoms with Crippen molar-refractivity contribution in [3.63, 3.8) is 0 Å². The first-order chi connectivity index (χ1) is 3.13. The third-order valence-corrected chi connectivity index (χ3v) is 0.231. The van der Waals surface area contributed by atoms with E-state index >= 15 is 0 Å². The number of rotatable bonds is 0. The monoisotopic (exact) mass is 168 g/mol. The quantitative estimate of drug-likeness (QED) is 0.284. The summed E-state index contributed by atoms with van der Waals surface area (Å²) in [6.07, 6.45) is -1.56. The number of esters is 1. The Labute approximate surface area is 117 Å². The number of ether oxygens (including phenoxy) is 1. The maximum atomic E-state index is 9.65. The van der Waals surface area contributed by atoms with Gasteiger partial charge in [0.15, 0.2) is 0 Å². The van der Waals surface area contributed by atoms with E-state index in [1.807, 2.05) is 0 Å². The predicted octanol–water partition coefficient (Wildman–Crippen LogP) is -1.07. The summed E-state index contributed by atoms with van der Waals surface area (Å²) in [5.41, 5.74) is 0. The van der Waals surface area contributed by atoms with E-state index < -0.39 is 12.1 Å². The standard InChI is InChI=1S/C3H4O4.K.Na.2H/c1-2(4)7-3(5)6;;;;/h1H3,(H,5,6);;;;. The van der Waals surface area contributed by atoms with Gasteiger partial charge in [0, 0.05) is 6.92 Å². The molecule has 0 bridgehead atoms. The molecule has 0 aliphatic carbocycles. The van der Waals surface area contributed by atoms with Crippen LogP contribution in [-0.2, 0) is 9.53 Å². The topological polar surface area (TPSA) is 63.6 Å². The summed E-state index contributed by atoms with van der Waals surface area (Å²) in [5.74, 6) is -0.812. The molecule has 6 heteroatoms. The summed E-state index contributed by atoms with van der Waals surface area (Å²) < 4.78 is 3.53. The van der Waals surface area contributed by atoms with E-state index in [1.165, 1.54) is 0 Å². The van der Waals surface area contributed by atoms with Crippen molar-refractivity contribution in [1.29, 1.82) is 0 Å². The fourth-order valence-electron chi connectivity index (χ4n) is 0.123. The Bertz CT molecular complexity index is 92.0. The van der Waals surface area contributed by atoms with Gasteiger partial charge in [-0.05, 0) is 0 Å². The van der Waals surface area contributed by atoms with E-state index in [9.17, 15) is 9.59 Å². The Morgan fingerprint density at radius 3 is 1.78 bits per heavy atom. The van der Waals surface area contributed by atoms with E-state index in [0.717, 1.165) is 6.92 Å². The molecule has 0 aliphatic heterocycles. The van der Waals surface area contributed by atoms with Gasteiger partial charge in [0.1, 0.15) is 0 Å². The second kappa shape index (κ2) is 9.58. The zero-order valence-corrected chi connectivity index (χ0v) is 3.67. The van der Waals surface area contributed by atoms with Crippen LogP contribution in [0.1, 0.15) is 6.92 Å². The molecule has 0 rings (SSSR count). The number of hydrogen-bond donors (Lipinski definition) is 1. The predicted molar refractivity (Wildman–Crippen MR) is 34.1 cm³/mol. The van der Waals surface area contributed by atoms with Gasteiger partial charge in [-0.25, -0.2) is 4.79 Å². The Hall–Kier alpha value is 1.58. The summed E-state index contributed by atoms with van der Waals surface area (Å²) >= 11 is 0. The van der Waals surface area contributed by atoms with Crippen LogP contribution >= 0.6 is 0 Å². The minimum atomic E-state index is -1.56. The molecule has 1 N–H and O–H groups in total. The van der Waals surface area contributed by atoms with Crippen molar-refractivity contribution in [2.45, 2.75) is 6.92 Å². The normalized spacial score (nSPS) is 5.89. The van der Waals surface area contributed by atoms with E-state index in [4.69, 9.17) is 5.11 Å². The first kappa shape index (κ1) is 16.9. The van der Waals surface area contributed by atoms with Crippen LogP contribution in [0.4, 0.5) is 4.79 Å². The molecule has 0 unspecified atom stereocenters. The Balaban J connectivity index is -0.000000180. The molecule has 9 heavy (non-hydrogen) atoms. The Morgan fingerprint density at radius 1 is 1.44 bits per heavy atom. The summed E-state index contributed by atoms with van der Waals surface area (Å²) in [4.78, 5) is 19.0. The Morgan fingerprint density at radius 2 is 1.78 bits per heavy atom. The van der Waals surface area contributed by atoms with Crippen molar-refractivity contribution in [1.82, 2.24) is 0 Å². The summed E-state index contributed by atoms with van der Waals surface area (Å²) in [5, 5.41) is 7.64. The molecule has 0 fully saturated rings. The number of carbonyl (C=O) groups is 2. The van der Waals surface area contributed by atoms with Crippen molar-refractivity contribution < 1.29 is 19.4 Å². The molecule has 0 aliphatic rings. The molecule has 0 aromatic carbocycles. The van der Waals surface area contributed by atoms with Crippen LogP contribution in [0, 0.1) is 0 Å². The molecule has 0 saturated carbocycles. The van der Waals surface area contributed by atoms with E-state index in [0.29, 0.717) is 0 Å². The molecule has 0 spiro atoms. The second-order valence-corrected chi connectivity index (χ2v) is 0.860. The first-order valence-electron chi connectivity index (χ1n) is 1.54. The van der Waals surface area contributed by atoms with Crippen molar-refractivity contribution in [2.75, 3.05) is 0 Å². The fourth-order valence-corrected chi connectivity index (χ4v) is 0.123. The molecule has 0 aromatic heterocycles. The van der Waals surface area contributed by atoms with Gasteiger partial charge < -0.3 is 9.84 Å². The fraction of sp³-hybridized carbons (Fsp3) is 0.333. The summed E-state index contributed by atoms with van der Waals surface area (Å²) in [6, 6.07) is 0. The third kappa shape index (κ3) is 17.7. The number of carbonyl (C=O) groups excluding carboxylic acids is 1. The maximum absolute atomic E-state index is 9.65. The molecule has 0 heterocycles. The second-order valence-electron chi connectivity index (χ2n) is 0.860. The minimum absolute atomic E-state index is 0. The van der Waals surface area contributed by atoms with Crippen LogP contribution in [0.3, 0.4) is 0 Å². The average Bonchev–Trinajstić information content (AvgIpc) is 1.27. The van der Waals surface area contributed by atoms with Gasteiger partial charge in [-0.15, -0.1) is 0 Å². The van der Waals surface area contributed by atoms with Crippen LogP contribution in [0.2, 0.25) is 0 Å². The van der Waals surface area contributed by atoms with E-state index in [2.05, 4.69) is 4.74 Å². The third-order valence-electron chi connectivity index (χ3n) is 0.231. The number of carboxylic acid groups (broad SMARTS) is 1. The van der Waals surface area contributed by atoms with Gasteiger partial charge in [-0.3, -0.25) is 4.79 Å². The van der Waals surface area contributed by atoms with Gasteiger partial charge in [0.05, 0.1) is 0 Å². The van der Waals surface area contributed by atoms with Gasteiger partial charge in [0.25, 0.3) is 0 Å². The van der Waals surface area contributed by atoms with Gasteiger partial charge in [0.2, 0.25) is 0 Å².